The van der Waals surface area contributed by atoms with Crippen molar-refractivity contribution in [2.45, 2.75) is 38.1 Å². The summed E-state index contributed by atoms with van der Waals surface area (Å²) in [7, 11) is 0. The number of benzene rings is 2. The van der Waals surface area contributed by atoms with Gasteiger partial charge in [0.05, 0.1) is 13.1 Å². The Morgan fingerprint density at radius 2 is 1.54 bits per heavy atom. The smallest absolute Gasteiger partial charge is 0.244 e. The van der Waals surface area contributed by atoms with Gasteiger partial charge in [-0.15, -0.1) is 0 Å². The summed E-state index contributed by atoms with van der Waals surface area (Å²) in [5.41, 5.74) is 3.24. The van der Waals surface area contributed by atoms with E-state index in [1.165, 1.54) is 30.4 Å². The molecule has 2 unspecified atom stereocenters. The van der Waals surface area contributed by atoms with E-state index in [4.69, 9.17) is 4.74 Å². The first-order valence-corrected chi connectivity index (χ1v) is 9.50. The molecular weight excluding hydrogens is 390 g/mol. The molecule has 140 valence electrons. The number of nitrogens with zero attached hydrogens (tertiary/aromatic N) is 1. The molecule has 0 aromatic heterocycles. The van der Waals surface area contributed by atoms with Gasteiger partial charge in [0.1, 0.15) is 19.2 Å². The number of hydrogen-bond donors (Lipinski definition) is 1. The molecule has 2 fully saturated rings. The maximum atomic E-state index is 11.4. The molecule has 4 rings (SSSR count). The average molecular weight is 418 g/mol. The molecule has 26 heavy (non-hydrogen) atoms. The minimum atomic E-state index is -1.18. The summed E-state index contributed by atoms with van der Waals surface area (Å²) < 4.78 is 7.07. The minimum Gasteiger partial charge on any atom is -1.00 e. The lowest BCUT2D eigenvalue weighted by Crippen LogP contribution is -3.00. The van der Waals surface area contributed by atoms with Gasteiger partial charge in [-0.2, -0.15) is 0 Å². The van der Waals surface area contributed by atoms with Gasteiger partial charge in [0, 0.05) is 5.56 Å². The standard InChI is InChI=1S/C22H28NO2.BrH/c1-18-16-23(14-6-3-7-15-23)17-22(24,25-18)21-12-10-20(11-13-21)19-8-4-2-5-9-19;/h2,4-5,8-13,18,24H,3,6-7,14-17H2,1H3;1H/q+1;/p-1. The SMILES string of the molecule is CC1C[N+]2(CCCCC2)CC(O)(c2ccc(-c3ccccc3)cc2)O1.[Br-]. The largest absolute Gasteiger partial charge is 1.00 e. The molecule has 2 saturated heterocycles. The Hall–Kier alpha value is -1.20. The molecule has 2 aromatic carbocycles. The van der Waals surface area contributed by atoms with Crippen LogP contribution in [-0.2, 0) is 10.5 Å². The normalized spacial score (nSPS) is 27.7. The van der Waals surface area contributed by atoms with Gasteiger partial charge in [-0.25, -0.2) is 0 Å². The molecule has 1 spiro atoms. The van der Waals surface area contributed by atoms with Gasteiger partial charge >= 0.3 is 0 Å². The number of halogens is 1. The summed E-state index contributed by atoms with van der Waals surface area (Å²) >= 11 is 0. The summed E-state index contributed by atoms with van der Waals surface area (Å²) in [6, 6.07) is 18.6. The Kier molecular flexibility index (Phi) is 5.88. The van der Waals surface area contributed by atoms with E-state index in [1.807, 2.05) is 30.3 Å². The van der Waals surface area contributed by atoms with Crippen molar-refractivity contribution >= 4 is 0 Å². The molecule has 2 aliphatic rings. The summed E-state index contributed by atoms with van der Waals surface area (Å²) in [6.45, 7) is 6.11. The fourth-order valence-electron chi connectivity index (χ4n) is 4.71. The highest BCUT2D eigenvalue weighted by Crippen LogP contribution is 2.36. The Bertz CT molecular complexity index is 713. The molecule has 0 saturated carbocycles. The van der Waals surface area contributed by atoms with Crippen LogP contribution in [0.1, 0.15) is 31.7 Å². The lowest BCUT2D eigenvalue weighted by Gasteiger charge is -2.51. The number of quaternary nitrogens is 1. The Labute approximate surface area is 167 Å². The zero-order valence-corrected chi connectivity index (χ0v) is 17.0. The predicted molar refractivity (Wildman–Crippen MR) is 99.9 cm³/mol. The second-order valence-electron chi connectivity index (χ2n) is 7.85. The zero-order valence-electron chi connectivity index (χ0n) is 15.4. The first-order valence-electron chi connectivity index (χ1n) is 9.50. The third kappa shape index (κ3) is 3.89. The third-order valence-corrected chi connectivity index (χ3v) is 5.80. The number of piperidine rings is 1. The van der Waals surface area contributed by atoms with E-state index >= 15 is 0 Å². The Balaban J connectivity index is 0.00000196. The van der Waals surface area contributed by atoms with E-state index < -0.39 is 5.79 Å². The molecule has 0 radical (unpaired) electrons. The van der Waals surface area contributed by atoms with Crippen LogP contribution in [0.25, 0.3) is 11.1 Å². The molecule has 1 N–H and O–H groups in total. The van der Waals surface area contributed by atoms with E-state index in [-0.39, 0.29) is 23.1 Å². The van der Waals surface area contributed by atoms with Gasteiger partial charge in [0.2, 0.25) is 5.79 Å². The number of morpholine rings is 1. The summed E-state index contributed by atoms with van der Waals surface area (Å²) in [6.07, 6.45) is 3.91. The van der Waals surface area contributed by atoms with Crippen LogP contribution in [0.15, 0.2) is 54.6 Å². The van der Waals surface area contributed by atoms with Crippen molar-refractivity contribution in [3.8, 4) is 11.1 Å². The van der Waals surface area contributed by atoms with Gasteiger partial charge in [0.25, 0.3) is 0 Å². The zero-order chi connectivity index (χ0) is 17.3. The molecule has 2 aliphatic heterocycles. The van der Waals surface area contributed by atoms with Crippen LogP contribution in [0.4, 0.5) is 0 Å². The summed E-state index contributed by atoms with van der Waals surface area (Å²) in [5.74, 6) is -1.18. The van der Waals surface area contributed by atoms with Gasteiger partial charge in [-0.05, 0) is 37.3 Å². The molecule has 2 heterocycles. The highest BCUT2D eigenvalue weighted by atomic mass is 79.9. The van der Waals surface area contributed by atoms with Crippen LogP contribution in [0.2, 0.25) is 0 Å². The van der Waals surface area contributed by atoms with Crippen molar-refractivity contribution in [3.63, 3.8) is 0 Å². The van der Waals surface area contributed by atoms with Crippen LogP contribution < -0.4 is 17.0 Å². The third-order valence-electron chi connectivity index (χ3n) is 5.80. The summed E-state index contributed by atoms with van der Waals surface area (Å²) in [5, 5.41) is 11.4. The van der Waals surface area contributed by atoms with Gasteiger partial charge in [0.15, 0.2) is 0 Å². The lowest BCUT2D eigenvalue weighted by atomic mass is 9.95. The van der Waals surface area contributed by atoms with E-state index in [1.54, 1.807) is 0 Å². The summed E-state index contributed by atoms with van der Waals surface area (Å²) in [4.78, 5) is 0. The second-order valence-corrected chi connectivity index (χ2v) is 7.85. The van der Waals surface area contributed by atoms with Gasteiger partial charge < -0.3 is 31.3 Å². The highest BCUT2D eigenvalue weighted by Gasteiger charge is 2.49. The van der Waals surface area contributed by atoms with Crippen LogP contribution in [0, 0.1) is 0 Å². The van der Waals surface area contributed by atoms with Crippen molar-refractivity contribution in [3.05, 3.63) is 60.2 Å². The van der Waals surface area contributed by atoms with Crippen LogP contribution in [-0.4, -0.2) is 41.9 Å². The first kappa shape index (κ1) is 19.6. The fraction of sp³-hybridized carbons (Fsp3) is 0.455. The van der Waals surface area contributed by atoms with Crippen molar-refractivity contribution < 1.29 is 31.3 Å². The van der Waals surface area contributed by atoms with E-state index in [2.05, 4.69) is 31.2 Å². The molecule has 2 atom stereocenters. The number of rotatable bonds is 2. The Morgan fingerprint density at radius 1 is 0.923 bits per heavy atom. The van der Waals surface area contributed by atoms with Crippen molar-refractivity contribution in [2.24, 2.45) is 0 Å². The van der Waals surface area contributed by atoms with Gasteiger partial charge in [-0.1, -0.05) is 54.6 Å². The Morgan fingerprint density at radius 3 is 2.19 bits per heavy atom. The monoisotopic (exact) mass is 417 g/mol. The topological polar surface area (TPSA) is 29.5 Å². The lowest BCUT2D eigenvalue weighted by molar-refractivity contribution is -0.955. The molecule has 0 bridgehead atoms. The van der Waals surface area contributed by atoms with Crippen molar-refractivity contribution in [1.29, 1.82) is 0 Å². The van der Waals surface area contributed by atoms with E-state index in [0.29, 0.717) is 6.54 Å². The number of ether oxygens (including phenoxy) is 1. The average Bonchev–Trinajstić information content (AvgIpc) is 2.62. The predicted octanol–water partition coefficient (Wildman–Crippen LogP) is 0.922. The molecule has 2 aromatic rings. The number of aliphatic hydroxyl groups is 1. The first-order chi connectivity index (χ1) is 12.1. The molecule has 0 aliphatic carbocycles. The quantitative estimate of drug-likeness (QED) is 0.736. The molecular formula is C22H28BrNO2. The molecule has 0 amide bonds. The van der Waals surface area contributed by atoms with Gasteiger partial charge in [-0.3, -0.25) is 0 Å². The maximum Gasteiger partial charge on any atom is 0.244 e. The van der Waals surface area contributed by atoms with Crippen molar-refractivity contribution in [1.82, 2.24) is 0 Å². The van der Waals surface area contributed by atoms with E-state index in [0.717, 1.165) is 29.7 Å². The highest BCUT2D eigenvalue weighted by molar-refractivity contribution is 5.63. The van der Waals surface area contributed by atoms with Crippen molar-refractivity contribution in [2.75, 3.05) is 26.2 Å². The molecule has 3 nitrogen and oxygen atoms in total. The maximum absolute atomic E-state index is 11.4. The van der Waals surface area contributed by atoms with E-state index in [9.17, 15) is 5.11 Å². The minimum absolute atomic E-state index is 0. The second kappa shape index (κ2) is 7.81. The van der Waals surface area contributed by atoms with Crippen LogP contribution in [0.3, 0.4) is 0 Å². The van der Waals surface area contributed by atoms with Crippen LogP contribution >= 0.6 is 0 Å². The van der Waals surface area contributed by atoms with Crippen LogP contribution in [0.5, 0.6) is 0 Å². The fourth-order valence-corrected chi connectivity index (χ4v) is 4.71. The molecule has 4 heteroatoms. The number of hydrogen-bond acceptors (Lipinski definition) is 2.